The van der Waals surface area contributed by atoms with Gasteiger partial charge in [-0.25, -0.2) is 0 Å². The molecule has 0 aliphatic carbocycles. The van der Waals surface area contributed by atoms with Crippen molar-refractivity contribution in [1.29, 1.82) is 0 Å². The molecule has 6 heteroatoms. The van der Waals surface area contributed by atoms with E-state index in [0.717, 1.165) is 12.8 Å². The zero-order chi connectivity index (χ0) is 14.0. The number of nitro groups is 1. The number of benzene rings is 1. The summed E-state index contributed by atoms with van der Waals surface area (Å²) in [5.74, 6) is -0.238. The first-order chi connectivity index (χ1) is 9.04. The van der Waals surface area contributed by atoms with Crippen molar-refractivity contribution in [1.82, 2.24) is 4.90 Å². The molecule has 1 aromatic rings. The Labute approximate surface area is 110 Å². The van der Waals surface area contributed by atoms with Crippen LogP contribution >= 0.6 is 0 Å². The van der Waals surface area contributed by atoms with Gasteiger partial charge in [-0.2, -0.15) is 0 Å². The van der Waals surface area contributed by atoms with Crippen molar-refractivity contribution in [2.24, 2.45) is 0 Å². The Hall–Kier alpha value is -1.95. The number of rotatable bonds is 3. The molecule has 19 heavy (non-hydrogen) atoms. The van der Waals surface area contributed by atoms with Crippen molar-refractivity contribution in [3.63, 3.8) is 0 Å². The quantitative estimate of drug-likeness (QED) is 0.662. The minimum absolute atomic E-state index is 0.0697. The molecule has 1 aliphatic rings. The summed E-state index contributed by atoms with van der Waals surface area (Å²) in [7, 11) is 0. The van der Waals surface area contributed by atoms with Crippen LogP contribution in [0.1, 0.15) is 28.8 Å². The van der Waals surface area contributed by atoms with E-state index in [1.54, 1.807) is 17.9 Å². The summed E-state index contributed by atoms with van der Waals surface area (Å²) in [5, 5.41) is 20.0. The van der Waals surface area contributed by atoms with Gasteiger partial charge in [0.05, 0.1) is 17.6 Å². The van der Waals surface area contributed by atoms with Gasteiger partial charge >= 0.3 is 0 Å². The number of nitro benzene ring substituents is 1. The number of aliphatic hydroxyl groups excluding tert-OH is 1. The molecule has 2 rings (SSSR count). The molecule has 1 heterocycles. The molecule has 1 atom stereocenters. The highest BCUT2D eigenvalue weighted by Crippen LogP contribution is 2.23. The van der Waals surface area contributed by atoms with Crippen molar-refractivity contribution >= 4 is 11.6 Å². The number of likely N-dealkylation sites (tertiary alicyclic amines) is 1. The molecule has 0 radical (unpaired) electrons. The highest BCUT2D eigenvalue weighted by Gasteiger charge is 2.30. The molecule has 0 unspecified atom stereocenters. The summed E-state index contributed by atoms with van der Waals surface area (Å²) < 4.78 is 0. The highest BCUT2D eigenvalue weighted by molar-refractivity contribution is 5.96. The predicted molar refractivity (Wildman–Crippen MR) is 69.0 cm³/mol. The Morgan fingerprint density at radius 3 is 2.95 bits per heavy atom. The van der Waals surface area contributed by atoms with Crippen LogP contribution in [0.3, 0.4) is 0 Å². The van der Waals surface area contributed by atoms with E-state index in [4.69, 9.17) is 0 Å². The number of carbonyl (C=O) groups excluding carboxylic acids is 1. The first kappa shape index (κ1) is 13.5. The molecular weight excluding hydrogens is 248 g/mol. The van der Waals surface area contributed by atoms with E-state index < -0.39 is 4.92 Å². The second kappa shape index (κ2) is 5.36. The second-order valence-corrected chi connectivity index (χ2v) is 4.73. The molecule has 0 bridgehead atoms. The predicted octanol–water partition coefficient (Wildman–Crippen LogP) is 1.50. The molecule has 1 N–H and O–H groups in total. The standard InChI is InChI=1S/C13H16N2O4/c1-9-4-5-10(15(18)19)7-12(9)13(17)14-6-2-3-11(14)8-16/h4-5,7,11,16H,2-3,6,8H2,1H3/t11-/m1/s1. The lowest BCUT2D eigenvalue weighted by Gasteiger charge is -2.23. The highest BCUT2D eigenvalue weighted by atomic mass is 16.6. The third-order valence-corrected chi connectivity index (χ3v) is 3.51. The SMILES string of the molecule is Cc1ccc([N+](=O)[O-])cc1C(=O)N1CCC[C@@H]1CO. The maximum Gasteiger partial charge on any atom is 0.270 e. The van der Waals surface area contributed by atoms with Crippen molar-refractivity contribution in [3.8, 4) is 0 Å². The van der Waals surface area contributed by atoms with Crippen LogP contribution in [0.25, 0.3) is 0 Å². The van der Waals surface area contributed by atoms with E-state index in [0.29, 0.717) is 17.7 Å². The van der Waals surface area contributed by atoms with Gasteiger partial charge in [-0.1, -0.05) is 6.07 Å². The van der Waals surface area contributed by atoms with Crippen LogP contribution in [0, 0.1) is 17.0 Å². The van der Waals surface area contributed by atoms with Crippen LogP contribution in [0.2, 0.25) is 0 Å². The Kier molecular flexibility index (Phi) is 3.80. The monoisotopic (exact) mass is 264 g/mol. The smallest absolute Gasteiger partial charge is 0.270 e. The van der Waals surface area contributed by atoms with Gasteiger partial charge in [-0.05, 0) is 25.3 Å². The fourth-order valence-corrected chi connectivity index (χ4v) is 2.40. The van der Waals surface area contributed by atoms with Gasteiger partial charge in [-0.3, -0.25) is 14.9 Å². The van der Waals surface area contributed by atoms with Crippen LogP contribution in [0.4, 0.5) is 5.69 Å². The first-order valence-electron chi connectivity index (χ1n) is 6.21. The van der Waals surface area contributed by atoms with Gasteiger partial charge in [0.1, 0.15) is 0 Å². The van der Waals surface area contributed by atoms with E-state index in [1.807, 2.05) is 0 Å². The molecule has 1 fully saturated rings. The average Bonchev–Trinajstić information content (AvgIpc) is 2.86. The zero-order valence-electron chi connectivity index (χ0n) is 10.7. The lowest BCUT2D eigenvalue weighted by atomic mass is 10.1. The minimum atomic E-state index is -0.510. The van der Waals surface area contributed by atoms with E-state index in [-0.39, 0.29) is 24.2 Å². The van der Waals surface area contributed by atoms with E-state index in [1.165, 1.54) is 12.1 Å². The number of hydrogen-bond donors (Lipinski definition) is 1. The van der Waals surface area contributed by atoms with E-state index >= 15 is 0 Å². The van der Waals surface area contributed by atoms with E-state index in [2.05, 4.69) is 0 Å². The Balaban J connectivity index is 2.32. The number of aryl methyl sites for hydroxylation is 1. The minimum Gasteiger partial charge on any atom is -0.394 e. The lowest BCUT2D eigenvalue weighted by Crippen LogP contribution is -2.37. The van der Waals surface area contributed by atoms with Crippen molar-refractivity contribution < 1.29 is 14.8 Å². The molecule has 1 saturated heterocycles. The van der Waals surface area contributed by atoms with Gasteiger partial charge in [0.2, 0.25) is 0 Å². The third kappa shape index (κ3) is 2.58. The van der Waals surface area contributed by atoms with Gasteiger partial charge in [0, 0.05) is 24.2 Å². The number of non-ortho nitro benzene ring substituents is 1. The van der Waals surface area contributed by atoms with Crippen LogP contribution in [-0.4, -0.2) is 40.0 Å². The molecular formula is C13H16N2O4. The molecule has 1 aliphatic heterocycles. The van der Waals surface area contributed by atoms with Crippen LogP contribution in [-0.2, 0) is 0 Å². The Morgan fingerprint density at radius 2 is 2.32 bits per heavy atom. The normalized spacial score (nSPS) is 18.6. The Bertz CT molecular complexity index is 515. The summed E-state index contributed by atoms with van der Waals surface area (Å²) in [6.07, 6.45) is 1.63. The molecule has 6 nitrogen and oxygen atoms in total. The second-order valence-electron chi connectivity index (χ2n) is 4.73. The first-order valence-corrected chi connectivity index (χ1v) is 6.21. The lowest BCUT2D eigenvalue weighted by molar-refractivity contribution is -0.384. The molecule has 0 spiro atoms. The summed E-state index contributed by atoms with van der Waals surface area (Å²) in [4.78, 5) is 24.3. The van der Waals surface area contributed by atoms with Gasteiger partial charge in [0.15, 0.2) is 0 Å². The number of hydrogen-bond acceptors (Lipinski definition) is 4. The van der Waals surface area contributed by atoms with E-state index in [9.17, 15) is 20.0 Å². The number of aliphatic hydroxyl groups is 1. The number of nitrogens with zero attached hydrogens (tertiary/aromatic N) is 2. The average molecular weight is 264 g/mol. The summed E-state index contributed by atoms with van der Waals surface area (Å²) in [5.41, 5.74) is 0.961. The van der Waals surface area contributed by atoms with Gasteiger partial charge < -0.3 is 10.0 Å². The fraction of sp³-hybridized carbons (Fsp3) is 0.462. The third-order valence-electron chi connectivity index (χ3n) is 3.51. The molecule has 0 aromatic heterocycles. The summed E-state index contributed by atoms with van der Waals surface area (Å²) >= 11 is 0. The van der Waals surface area contributed by atoms with Gasteiger partial charge in [-0.15, -0.1) is 0 Å². The summed E-state index contributed by atoms with van der Waals surface area (Å²) in [6, 6.07) is 4.10. The molecule has 1 amide bonds. The Morgan fingerprint density at radius 1 is 1.58 bits per heavy atom. The van der Waals surface area contributed by atoms with Crippen LogP contribution < -0.4 is 0 Å². The number of amides is 1. The summed E-state index contributed by atoms with van der Waals surface area (Å²) in [6.45, 7) is 2.27. The largest absolute Gasteiger partial charge is 0.394 e. The fourth-order valence-electron chi connectivity index (χ4n) is 2.40. The van der Waals surface area contributed by atoms with Crippen molar-refractivity contribution in [2.75, 3.05) is 13.2 Å². The molecule has 102 valence electrons. The maximum absolute atomic E-state index is 12.4. The van der Waals surface area contributed by atoms with Crippen LogP contribution in [0.5, 0.6) is 0 Å². The van der Waals surface area contributed by atoms with Crippen molar-refractivity contribution in [2.45, 2.75) is 25.8 Å². The maximum atomic E-state index is 12.4. The van der Waals surface area contributed by atoms with Gasteiger partial charge in [0.25, 0.3) is 11.6 Å². The number of carbonyl (C=O) groups is 1. The van der Waals surface area contributed by atoms with Crippen LogP contribution in [0.15, 0.2) is 18.2 Å². The topological polar surface area (TPSA) is 83.7 Å². The molecule has 0 saturated carbocycles. The molecule has 1 aromatic carbocycles. The zero-order valence-corrected chi connectivity index (χ0v) is 10.7. The van der Waals surface area contributed by atoms with Crippen molar-refractivity contribution in [3.05, 3.63) is 39.4 Å².